The van der Waals surface area contributed by atoms with Crippen LogP contribution in [0.5, 0.6) is 0 Å². The number of halogens is 3. The molecule has 0 aliphatic carbocycles. The zero-order valence-electron chi connectivity index (χ0n) is 15.7. The SMILES string of the molecule is O=C(Cc1ccccc1)NNc1ncnc(Nc2ccc(C(F)(F)F)cc2)c1[N+](=O)[O-]. The number of nitrogens with one attached hydrogen (secondary N) is 3. The highest BCUT2D eigenvalue weighted by atomic mass is 19.4. The van der Waals surface area contributed by atoms with Crippen molar-refractivity contribution in [3.8, 4) is 0 Å². The summed E-state index contributed by atoms with van der Waals surface area (Å²) in [6.45, 7) is 0. The van der Waals surface area contributed by atoms with Gasteiger partial charge in [0, 0.05) is 5.69 Å². The number of hydrazine groups is 1. The first-order chi connectivity index (χ1) is 14.7. The fourth-order valence-electron chi connectivity index (χ4n) is 2.57. The number of hydrogen-bond donors (Lipinski definition) is 3. The summed E-state index contributed by atoms with van der Waals surface area (Å²) in [7, 11) is 0. The number of carbonyl (C=O) groups excluding carboxylic acids is 1. The van der Waals surface area contributed by atoms with Crippen LogP contribution in [0.2, 0.25) is 0 Å². The normalized spacial score (nSPS) is 10.9. The number of benzene rings is 2. The predicted molar refractivity (Wildman–Crippen MR) is 105 cm³/mol. The molecule has 1 heterocycles. The van der Waals surface area contributed by atoms with E-state index in [0.29, 0.717) is 0 Å². The standard InChI is InChI=1S/C19H15F3N6O3/c20-19(21,22)13-6-8-14(9-7-13)25-17-16(28(30)31)18(24-11-23-17)27-26-15(29)10-12-4-2-1-3-5-12/h1-9,11H,10H2,(H,26,29)(H2,23,24,25,27). The highest BCUT2D eigenvalue weighted by Gasteiger charge is 2.30. The van der Waals surface area contributed by atoms with Crippen molar-refractivity contribution in [1.29, 1.82) is 0 Å². The Bertz CT molecular complexity index is 1080. The number of hydrogen-bond acceptors (Lipinski definition) is 7. The number of amides is 1. The number of anilines is 3. The molecule has 1 amide bonds. The fourth-order valence-corrected chi connectivity index (χ4v) is 2.57. The summed E-state index contributed by atoms with van der Waals surface area (Å²) in [4.78, 5) is 30.4. The Kier molecular flexibility index (Phi) is 6.29. The molecule has 0 fully saturated rings. The average Bonchev–Trinajstić information content (AvgIpc) is 2.72. The van der Waals surface area contributed by atoms with Gasteiger partial charge in [-0.25, -0.2) is 9.97 Å². The molecule has 9 nitrogen and oxygen atoms in total. The summed E-state index contributed by atoms with van der Waals surface area (Å²) in [5, 5.41) is 14.1. The van der Waals surface area contributed by atoms with Crippen molar-refractivity contribution in [2.24, 2.45) is 0 Å². The second-order valence-corrected chi connectivity index (χ2v) is 6.21. The van der Waals surface area contributed by atoms with E-state index in [-0.39, 0.29) is 23.7 Å². The van der Waals surface area contributed by atoms with Crippen molar-refractivity contribution in [1.82, 2.24) is 15.4 Å². The van der Waals surface area contributed by atoms with Crippen LogP contribution in [0.1, 0.15) is 11.1 Å². The molecular weight excluding hydrogens is 417 g/mol. The van der Waals surface area contributed by atoms with Gasteiger partial charge in [0.1, 0.15) is 6.33 Å². The molecule has 1 aromatic heterocycles. The van der Waals surface area contributed by atoms with Crippen LogP contribution in [0.3, 0.4) is 0 Å². The van der Waals surface area contributed by atoms with Crippen molar-refractivity contribution in [2.75, 3.05) is 10.7 Å². The summed E-state index contributed by atoms with van der Waals surface area (Å²) in [5.74, 6) is -1.02. The van der Waals surface area contributed by atoms with Crippen molar-refractivity contribution in [2.45, 2.75) is 12.6 Å². The lowest BCUT2D eigenvalue weighted by atomic mass is 10.1. The predicted octanol–water partition coefficient (Wildman–Crippen LogP) is 3.83. The number of rotatable bonds is 7. The van der Waals surface area contributed by atoms with E-state index < -0.39 is 28.3 Å². The molecular formula is C19H15F3N6O3. The molecule has 3 N–H and O–H groups in total. The van der Waals surface area contributed by atoms with Crippen molar-refractivity contribution < 1.29 is 22.9 Å². The molecule has 3 rings (SSSR count). The lowest BCUT2D eigenvalue weighted by Crippen LogP contribution is -2.31. The van der Waals surface area contributed by atoms with Gasteiger partial charge in [-0.2, -0.15) is 13.2 Å². The van der Waals surface area contributed by atoms with Crippen LogP contribution >= 0.6 is 0 Å². The third kappa shape index (κ3) is 5.65. The van der Waals surface area contributed by atoms with Crippen LogP contribution in [0.4, 0.5) is 36.2 Å². The molecule has 2 aromatic carbocycles. The molecule has 0 atom stereocenters. The monoisotopic (exact) mass is 432 g/mol. The maximum Gasteiger partial charge on any atom is 0.416 e. The minimum atomic E-state index is -4.51. The van der Waals surface area contributed by atoms with Crippen molar-refractivity contribution in [3.63, 3.8) is 0 Å². The fraction of sp³-hybridized carbons (Fsp3) is 0.105. The van der Waals surface area contributed by atoms with E-state index in [4.69, 9.17) is 0 Å². The number of carbonyl (C=O) groups is 1. The molecule has 3 aromatic rings. The Balaban J connectivity index is 1.75. The van der Waals surface area contributed by atoms with E-state index in [1.54, 1.807) is 30.3 Å². The Labute approximate surface area is 173 Å². The molecule has 12 heteroatoms. The van der Waals surface area contributed by atoms with Crippen molar-refractivity contribution >= 4 is 28.9 Å². The maximum absolute atomic E-state index is 12.7. The zero-order valence-corrected chi connectivity index (χ0v) is 15.7. The summed E-state index contributed by atoms with van der Waals surface area (Å²) in [5.41, 5.74) is 4.14. The molecule has 0 unspecified atom stereocenters. The smallest absolute Gasteiger partial charge is 0.334 e. The van der Waals surface area contributed by atoms with E-state index in [2.05, 4.69) is 26.1 Å². The summed E-state index contributed by atoms with van der Waals surface area (Å²) < 4.78 is 38.1. The lowest BCUT2D eigenvalue weighted by molar-refractivity contribution is -0.383. The van der Waals surface area contributed by atoms with Gasteiger partial charge in [-0.15, -0.1) is 0 Å². The Morgan fingerprint density at radius 2 is 1.65 bits per heavy atom. The minimum Gasteiger partial charge on any atom is -0.334 e. The second kappa shape index (κ2) is 9.07. The van der Waals surface area contributed by atoms with E-state index >= 15 is 0 Å². The molecule has 0 saturated carbocycles. The topological polar surface area (TPSA) is 122 Å². The van der Waals surface area contributed by atoms with Crippen LogP contribution < -0.4 is 16.2 Å². The largest absolute Gasteiger partial charge is 0.416 e. The number of alkyl halides is 3. The third-order valence-corrected chi connectivity index (χ3v) is 4.01. The first-order valence-electron chi connectivity index (χ1n) is 8.76. The molecule has 0 radical (unpaired) electrons. The summed E-state index contributed by atoms with van der Waals surface area (Å²) in [6.07, 6.45) is -3.47. The van der Waals surface area contributed by atoms with Gasteiger partial charge in [0.05, 0.1) is 16.9 Å². The Morgan fingerprint density at radius 1 is 1.00 bits per heavy atom. The Hall–Kier alpha value is -4.22. The number of aromatic nitrogens is 2. The number of nitro groups is 1. The van der Waals surface area contributed by atoms with Crippen LogP contribution in [-0.4, -0.2) is 20.8 Å². The van der Waals surface area contributed by atoms with Gasteiger partial charge in [-0.05, 0) is 29.8 Å². The van der Waals surface area contributed by atoms with E-state index in [1.807, 2.05) is 0 Å². The highest BCUT2D eigenvalue weighted by Crippen LogP contribution is 2.33. The molecule has 160 valence electrons. The highest BCUT2D eigenvalue weighted by molar-refractivity contribution is 5.81. The summed E-state index contributed by atoms with van der Waals surface area (Å²) in [6, 6.07) is 12.7. The minimum absolute atomic E-state index is 0.0311. The molecule has 0 spiro atoms. The molecule has 0 saturated heterocycles. The zero-order chi connectivity index (χ0) is 22.4. The molecule has 0 bridgehead atoms. The van der Waals surface area contributed by atoms with Crippen LogP contribution in [0.15, 0.2) is 60.9 Å². The van der Waals surface area contributed by atoms with E-state index in [9.17, 15) is 28.1 Å². The average molecular weight is 432 g/mol. The number of nitrogens with zero attached hydrogens (tertiary/aromatic N) is 3. The maximum atomic E-state index is 12.7. The third-order valence-electron chi connectivity index (χ3n) is 4.01. The van der Waals surface area contributed by atoms with Gasteiger partial charge in [-0.3, -0.25) is 25.8 Å². The van der Waals surface area contributed by atoms with Gasteiger partial charge in [0.2, 0.25) is 17.5 Å². The quantitative estimate of drug-likeness (QED) is 0.383. The Morgan fingerprint density at radius 3 is 2.26 bits per heavy atom. The first-order valence-corrected chi connectivity index (χ1v) is 8.76. The van der Waals surface area contributed by atoms with Crippen LogP contribution in [0, 0.1) is 10.1 Å². The molecule has 0 aliphatic heterocycles. The lowest BCUT2D eigenvalue weighted by Gasteiger charge is -2.12. The van der Waals surface area contributed by atoms with Crippen molar-refractivity contribution in [3.05, 3.63) is 82.2 Å². The molecule has 31 heavy (non-hydrogen) atoms. The van der Waals surface area contributed by atoms with Gasteiger partial charge in [-0.1, -0.05) is 30.3 Å². The van der Waals surface area contributed by atoms with Crippen LogP contribution in [0.25, 0.3) is 0 Å². The first kappa shape index (κ1) is 21.5. The summed E-state index contributed by atoms with van der Waals surface area (Å²) >= 11 is 0. The van der Waals surface area contributed by atoms with E-state index in [0.717, 1.165) is 36.2 Å². The van der Waals surface area contributed by atoms with Gasteiger partial charge < -0.3 is 5.32 Å². The van der Waals surface area contributed by atoms with Crippen LogP contribution in [-0.2, 0) is 17.4 Å². The van der Waals surface area contributed by atoms with E-state index in [1.165, 1.54) is 0 Å². The molecule has 0 aliphatic rings. The van der Waals surface area contributed by atoms with Gasteiger partial charge in [0.25, 0.3) is 0 Å². The van der Waals surface area contributed by atoms with Gasteiger partial charge in [0.15, 0.2) is 0 Å². The van der Waals surface area contributed by atoms with Gasteiger partial charge >= 0.3 is 11.9 Å². The second-order valence-electron chi connectivity index (χ2n) is 6.21.